The first-order valence-electron chi connectivity index (χ1n) is 13.1. The van der Waals surface area contributed by atoms with Gasteiger partial charge in [-0.25, -0.2) is 0 Å². The van der Waals surface area contributed by atoms with E-state index in [2.05, 4.69) is 78.9 Å². The highest BCUT2D eigenvalue weighted by molar-refractivity contribution is 6.31. The fourth-order valence-corrected chi connectivity index (χ4v) is 4.90. The minimum Gasteiger partial charge on any atom is -0.309 e. The van der Waals surface area contributed by atoms with Gasteiger partial charge in [-0.2, -0.15) is 0 Å². The van der Waals surface area contributed by atoms with Crippen LogP contribution in [0, 0.1) is 0 Å². The first-order chi connectivity index (χ1) is 17.5. The van der Waals surface area contributed by atoms with E-state index in [-0.39, 0.29) is 17.4 Å². The van der Waals surface area contributed by atoms with Gasteiger partial charge in [-0.1, -0.05) is 78.3 Å². The first-order valence-corrected chi connectivity index (χ1v) is 13.5. The minimum atomic E-state index is -0.210. The van der Waals surface area contributed by atoms with E-state index < -0.39 is 0 Å². The van der Waals surface area contributed by atoms with E-state index in [0.29, 0.717) is 10.6 Å². The molecular formula is C33H41ClN2O. The Kier molecular flexibility index (Phi) is 10.3. The SMILES string of the molecule is CC(NC(C)(C)C)C(=O)c1cccc(Cl)c1.CN(C)CCC=C1c2ccccc2CCc2ccccc21. The number of hydrogen-bond donors (Lipinski definition) is 1. The van der Waals surface area contributed by atoms with Crippen molar-refractivity contribution in [2.45, 2.75) is 58.5 Å². The number of fused-ring (bicyclic) bond motifs is 2. The molecule has 1 aliphatic rings. The molecule has 0 heterocycles. The van der Waals surface area contributed by atoms with Gasteiger partial charge in [-0.05, 0) is 101 Å². The molecule has 0 spiro atoms. The summed E-state index contributed by atoms with van der Waals surface area (Å²) in [4.78, 5) is 14.3. The van der Waals surface area contributed by atoms with Crippen LogP contribution in [0.15, 0.2) is 78.9 Å². The second kappa shape index (κ2) is 13.2. The van der Waals surface area contributed by atoms with Crippen molar-refractivity contribution in [2.24, 2.45) is 0 Å². The molecule has 0 aromatic heterocycles. The molecule has 4 rings (SSSR count). The molecule has 0 saturated heterocycles. The lowest BCUT2D eigenvalue weighted by molar-refractivity contribution is 0.0935. The highest BCUT2D eigenvalue weighted by atomic mass is 35.5. The average Bonchev–Trinajstić information content (AvgIpc) is 3.00. The molecule has 0 bridgehead atoms. The van der Waals surface area contributed by atoms with Crippen LogP contribution in [0.2, 0.25) is 5.02 Å². The van der Waals surface area contributed by atoms with E-state index in [4.69, 9.17) is 11.6 Å². The van der Waals surface area contributed by atoms with Crippen LogP contribution >= 0.6 is 11.6 Å². The number of nitrogens with one attached hydrogen (secondary N) is 1. The lowest BCUT2D eigenvalue weighted by Crippen LogP contribution is -2.46. The van der Waals surface area contributed by atoms with Crippen molar-refractivity contribution in [3.8, 4) is 0 Å². The van der Waals surface area contributed by atoms with Crippen molar-refractivity contribution >= 4 is 23.0 Å². The molecule has 1 aliphatic carbocycles. The Morgan fingerprint density at radius 3 is 2.03 bits per heavy atom. The molecule has 0 radical (unpaired) electrons. The zero-order chi connectivity index (χ0) is 27.0. The standard InChI is InChI=1S/C20H23N.C13H18ClNO/c1-21(2)15-7-12-20-18-10-5-3-8-16(18)13-14-17-9-4-6-11-19(17)20;1-9(15-13(2,3)4)12(16)10-6-5-7-11(14)8-10/h3-6,8-12H,7,13-15H2,1-2H3;5-9,15H,1-4H3. The summed E-state index contributed by atoms with van der Waals surface area (Å²) < 4.78 is 0. The van der Waals surface area contributed by atoms with Gasteiger partial charge < -0.3 is 10.2 Å². The van der Waals surface area contributed by atoms with Crippen molar-refractivity contribution < 1.29 is 4.79 Å². The van der Waals surface area contributed by atoms with Crippen LogP contribution in [0.4, 0.5) is 0 Å². The summed E-state index contributed by atoms with van der Waals surface area (Å²) in [6.07, 6.45) is 5.78. The number of nitrogens with zero attached hydrogens (tertiary/aromatic N) is 1. The smallest absolute Gasteiger partial charge is 0.179 e. The van der Waals surface area contributed by atoms with E-state index in [1.54, 1.807) is 24.3 Å². The summed E-state index contributed by atoms with van der Waals surface area (Å²) in [5, 5.41) is 3.84. The Balaban J connectivity index is 0.000000214. The molecule has 1 unspecified atom stereocenters. The number of benzene rings is 3. The molecule has 3 nitrogen and oxygen atoms in total. The van der Waals surface area contributed by atoms with E-state index >= 15 is 0 Å². The second-order valence-electron chi connectivity index (χ2n) is 11.0. The summed E-state index contributed by atoms with van der Waals surface area (Å²) in [6, 6.07) is 24.6. The fraction of sp³-hybridized carbons (Fsp3) is 0.364. The first kappa shape index (κ1) is 28.8. The number of aryl methyl sites for hydroxylation is 2. The normalized spacial score (nSPS) is 13.6. The zero-order valence-electron chi connectivity index (χ0n) is 23.1. The van der Waals surface area contributed by atoms with Gasteiger partial charge in [-0.3, -0.25) is 4.79 Å². The summed E-state index contributed by atoms with van der Waals surface area (Å²) in [5.41, 5.74) is 7.78. The van der Waals surface area contributed by atoms with Crippen molar-refractivity contribution in [1.29, 1.82) is 0 Å². The summed E-state index contributed by atoms with van der Waals surface area (Å²) in [6.45, 7) is 9.07. The molecule has 4 heteroatoms. The molecule has 196 valence electrons. The van der Waals surface area contributed by atoms with E-state index in [1.807, 2.05) is 27.7 Å². The Morgan fingerprint density at radius 2 is 1.51 bits per heavy atom. The number of halogens is 1. The maximum atomic E-state index is 12.1. The predicted octanol–water partition coefficient (Wildman–Crippen LogP) is 7.47. The second-order valence-corrected chi connectivity index (χ2v) is 11.5. The van der Waals surface area contributed by atoms with Gasteiger partial charge in [-0.15, -0.1) is 0 Å². The van der Waals surface area contributed by atoms with Crippen LogP contribution in [0.3, 0.4) is 0 Å². The summed E-state index contributed by atoms with van der Waals surface area (Å²) >= 11 is 5.85. The van der Waals surface area contributed by atoms with Gasteiger partial charge in [0.1, 0.15) is 0 Å². The summed E-state index contributed by atoms with van der Waals surface area (Å²) in [7, 11) is 4.26. The number of carbonyl (C=O) groups excluding carboxylic acids is 1. The van der Waals surface area contributed by atoms with Gasteiger partial charge in [0.25, 0.3) is 0 Å². The van der Waals surface area contributed by atoms with Crippen LogP contribution in [0.25, 0.3) is 5.57 Å². The maximum Gasteiger partial charge on any atom is 0.179 e. The van der Waals surface area contributed by atoms with Crippen LogP contribution in [-0.4, -0.2) is 42.9 Å². The van der Waals surface area contributed by atoms with Crippen LogP contribution < -0.4 is 5.32 Å². The molecule has 0 aliphatic heterocycles. The molecule has 1 N–H and O–H groups in total. The third-order valence-electron chi connectivity index (χ3n) is 6.36. The highest BCUT2D eigenvalue weighted by Crippen LogP contribution is 2.33. The van der Waals surface area contributed by atoms with Crippen LogP contribution in [-0.2, 0) is 12.8 Å². The Hall–Kier alpha value is -2.72. The van der Waals surface area contributed by atoms with Gasteiger partial charge in [0.05, 0.1) is 6.04 Å². The fourth-order valence-electron chi connectivity index (χ4n) is 4.71. The summed E-state index contributed by atoms with van der Waals surface area (Å²) in [5.74, 6) is 0.0671. The molecule has 0 saturated carbocycles. The van der Waals surface area contributed by atoms with Crippen LogP contribution in [0.1, 0.15) is 66.7 Å². The molecule has 37 heavy (non-hydrogen) atoms. The highest BCUT2D eigenvalue weighted by Gasteiger charge is 2.20. The number of hydrogen-bond acceptors (Lipinski definition) is 3. The van der Waals surface area contributed by atoms with Crippen molar-refractivity contribution in [3.05, 3.63) is 112 Å². The molecule has 1 atom stereocenters. The van der Waals surface area contributed by atoms with E-state index in [1.165, 1.54) is 27.8 Å². The van der Waals surface area contributed by atoms with E-state index in [9.17, 15) is 4.79 Å². The monoisotopic (exact) mass is 516 g/mol. The molecule has 0 fully saturated rings. The van der Waals surface area contributed by atoms with Gasteiger partial charge in [0, 0.05) is 22.7 Å². The molecule has 3 aromatic rings. The number of ketones is 1. The number of rotatable bonds is 6. The van der Waals surface area contributed by atoms with Crippen molar-refractivity contribution in [2.75, 3.05) is 20.6 Å². The van der Waals surface area contributed by atoms with Crippen molar-refractivity contribution in [3.63, 3.8) is 0 Å². The number of carbonyl (C=O) groups is 1. The largest absolute Gasteiger partial charge is 0.309 e. The Morgan fingerprint density at radius 1 is 0.946 bits per heavy atom. The van der Waals surface area contributed by atoms with Crippen LogP contribution in [0.5, 0.6) is 0 Å². The quantitative estimate of drug-likeness (QED) is 0.345. The van der Waals surface area contributed by atoms with Crippen molar-refractivity contribution in [1.82, 2.24) is 10.2 Å². The maximum absolute atomic E-state index is 12.1. The van der Waals surface area contributed by atoms with E-state index in [0.717, 1.165) is 25.8 Å². The number of Topliss-reactive ketones (excluding diaryl/α,β-unsaturated/α-hetero) is 1. The lowest BCUT2D eigenvalue weighted by Gasteiger charge is -2.25. The minimum absolute atomic E-state index is 0.0671. The average molecular weight is 517 g/mol. The van der Waals surface area contributed by atoms with Gasteiger partial charge in [0.2, 0.25) is 0 Å². The Bertz CT molecular complexity index is 1170. The van der Waals surface area contributed by atoms with Gasteiger partial charge in [0.15, 0.2) is 5.78 Å². The topological polar surface area (TPSA) is 32.3 Å². The Labute approximate surface area is 228 Å². The molecule has 3 aromatic carbocycles. The predicted molar refractivity (Wildman–Crippen MR) is 159 cm³/mol. The molecule has 0 amide bonds. The third kappa shape index (κ3) is 8.67. The molecular weight excluding hydrogens is 476 g/mol. The lowest BCUT2D eigenvalue weighted by atomic mass is 9.93. The third-order valence-corrected chi connectivity index (χ3v) is 6.59. The van der Waals surface area contributed by atoms with Gasteiger partial charge >= 0.3 is 0 Å². The zero-order valence-corrected chi connectivity index (χ0v) is 23.9.